The Kier molecular flexibility index (Phi) is 4.57. The Labute approximate surface area is 180 Å². The van der Waals surface area contributed by atoms with Crippen LogP contribution in [0.15, 0.2) is 41.3 Å². The van der Waals surface area contributed by atoms with Gasteiger partial charge in [0.2, 0.25) is 11.8 Å². The van der Waals surface area contributed by atoms with E-state index in [1.54, 1.807) is 0 Å². The van der Waals surface area contributed by atoms with E-state index >= 15 is 0 Å². The van der Waals surface area contributed by atoms with E-state index in [2.05, 4.69) is 32.5 Å². The normalized spacial score (nSPS) is 20.3. The molecule has 2 aromatic heterocycles. The SMILES string of the molecule is C=C[C@]1(c2nnc(-c3nn4c(c3Nc3ccc(C(F)(F)F)cc3)CCC4)o2)CCNC1=O. The van der Waals surface area contributed by atoms with Crippen LogP contribution < -0.4 is 10.6 Å². The zero-order chi connectivity index (χ0) is 22.5. The van der Waals surface area contributed by atoms with Crippen LogP contribution in [0.3, 0.4) is 0 Å². The van der Waals surface area contributed by atoms with Gasteiger partial charge in [0.15, 0.2) is 5.69 Å². The van der Waals surface area contributed by atoms with Gasteiger partial charge >= 0.3 is 6.18 Å². The molecule has 0 saturated carbocycles. The monoisotopic (exact) mass is 444 g/mol. The summed E-state index contributed by atoms with van der Waals surface area (Å²) in [7, 11) is 0. The Morgan fingerprint density at radius 2 is 2.03 bits per heavy atom. The van der Waals surface area contributed by atoms with Gasteiger partial charge in [-0.3, -0.25) is 9.48 Å². The molecule has 8 nitrogen and oxygen atoms in total. The Bertz CT molecular complexity index is 1200. The summed E-state index contributed by atoms with van der Waals surface area (Å²) in [6.45, 7) is 4.94. The van der Waals surface area contributed by atoms with Crippen LogP contribution in [0.5, 0.6) is 0 Å². The number of amides is 1. The molecule has 1 aromatic carbocycles. The van der Waals surface area contributed by atoms with E-state index in [0.717, 1.165) is 30.7 Å². The molecule has 2 N–H and O–H groups in total. The van der Waals surface area contributed by atoms with Gasteiger partial charge in [0, 0.05) is 18.8 Å². The smallest absolute Gasteiger partial charge is 0.416 e. The van der Waals surface area contributed by atoms with Gasteiger partial charge in [-0.1, -0.05) is 6.08 Å². The third-order valence-electron chi connectivity index (χ3n) is 5.89. The molecule has 166 valence electrons. The van der Waals surface area contributed by atoms with Gasteiger partial charge < -0.3 is 15.1 Å². The van der Waals surface area contributed by atoms with E-state index in [0.29, 0.717) is 36.6 Å². The van der Waals surface area contributed by atoms with Crippen LogP contribution in [0.4, 0.5) is 24.5 Å². The molecule has 3 aromatic rings. The molecule has 4 heterocycles. The number of halogens is 3. The fraction of sp³-hybridized carbons (Fsp3) is 0.333. The molecule has 11 heteroatoms. The van der Waals surface area contributed by atoms with E-state index in [1.807, 2.05) is 4.68 Å². The van der Waals surface area contributed by atoms with E-state index in [9.17, 15) is 18.0 Å². The molecule has 32 heavy (non-hydrogen) atoms. The van der Waals surface area contributed by atoms with E-state index in [-0.39, 0.29) is 17.7 Å². The standard InChI is InChI=1S/C21H19F3N6O2/c1-2-20(9-10-25-18(20)31)19-28-27-17(32-19)16-15(14-4-3-11-30(14)29-16)26-13-7-5-12(6-8-13)21(22,23)24/h2,5-8,26H,1,3-4,9-11H2,(H,25,31)/t20-/m0/s1. The van der Waals surface area contributed by atoms with Crippen LogP contribution in [0.25, 0.3) is 11.6 Å². The molecule has 1 atom stereocenters. The first kappa shape index (κ1) is 20.3. The van der Waals surface area contributed by atoms with E-state index in [4.69, 9.17) is 4.42 Å². The molecule has 1 amide bonds. The van der Waals surface area contributed by atoms with Crippen LogP contribution in [0.1, 0.15) is 30.0 Å². The number of benzene rings is 1. The zero-order valence-corrected chi connectivity index (χ0v) is 16.9. The summed E-state index contributed by atoms with van der Waals surface area (Å²) in [5, 5.41) is 18.7. The quantitative estimate of drug-likeness (QED) is 0.584. The molecular weight excluding hydrogens is 425 g/mol. The summed E-state index contributed by atoms with van der Waals surface area (Å²) in [6, 6.07) is 4.76. The van der Waals surface area contributed by atoms with Crippen molar-refractivity contribution in [2.45, 2.75) is 37.4 Å². The van der Waals surface area contributed by atoms with Gasteiger partial charge in [0.25, 0.3) is 5.89 Å². The lowest BCUT2D eigenvalue weighted by Gasteiger charge is -2.15. The molecule has 2 aliphatic heterocycles. The summed E-state index contributed by atoms with van der Waals surface area (Å²) in [5.41, 5.74) is 0.539. The molecule has 0 unspecified atom stereocenters. The molecule has 0 bridgehead atoms. The number of nitrogens with one attached hydrogen (secondary N) is 2. The predicted octanol–water partition coefficient (Wildman–Crippen LogP) is 3.59. The van der Waals surface area contributed by atoms with Gasteiger partial charge in [0.05, 0.1) is 16.9 Å². The van der Waals surface area contributed by atoms with Crippen molar-refractivity contribution in [3.05, 3.63) is 54.1 Å². The minimum Gasteiger partial charge on any atom is -0.418 e. The first-order valence-corrected chi connectivity index (χ1v) is 10.1. The maximum atomic E-state index is 12.9. The highest BCUT2D eigenvalue weighted by Gasteiger charge is 2.46. The summed E-state index contributed by atoms with van der Waals surface area (Å²) >= 11 is 0. The molecule has 0 aliphatic carbocycles. The number of nitrogens with zero attached hydrogens (tertiary/aromatic N) is 4. The number of aryl methyl sites for hydroxylation is 1. The largest absolute Gasteiger partial charge is 0.418 e. The second-order valence-electron chi connectivity index (χ2n) is 7.79. The Balaban J connectivity index is 1.51. The maximum Gasteiger partial charge on any atom is 0.416 e. The van der Waals surface area contributed by atoms with Crippen LogP contribution in [-0.4, -0.2) is 32.4 Å². The van der Waals surface area contributed by atoms with Crippen molar-refractivity contribution in [3.8, 4) is 11.6 Å². The Hall–Kier alpha value is -3.63. The van der Waals surface area contributed by atoms with Gasteiger partial charge in [-0.2, -0.15) is 18.3 Å². The number of carbonyl (C=O) groups excluding carboxylic acids is 1. The number of anilines is 2. The lowest BCUT2D eigenvalue weighted by Crippen LogP contribution is -2.33. The Morgan fingerprint density at radius 3 is 2.69 bits per heavy atom. The molecular formula is C21H19F3N6O2. The van der Waals surface area contributed by atoms with Crippen LogP contribution in [0, 0.1) is 0 Å². The number of hydrogen-bond donors (Lipinski definition) is 2. The van der Waals surface area contributed by atoms with Crippen molar-refractivity contribution in [1.29, 1.82) is 0 Å². The molecule has 0 radical (unpaired) electrons. The Morgan fingerprint density at radius 1 is 1.25 bits per heavy atom. The maximum absolute atomic E-state index is 12.9. The van der Waals surface area contributed by atoms with Crippen molar-refractivity contribution in [2.24, 2.45) is 0 Å². The number of alkyl halides is 3. The zero-order valence-electron chi connectivity index (χ0n) is 16.9. The second kappa shape index (κ2) is 7.21. The van der Waals surface area contributed by atoms with Crippen LogP contribution in [0.2, 0.25) is 0 Å². The molecule has 5 rings (SSSR count). The fourth-order valence-corrected chi connectivity index (χ4v) is 4.13. The molecule has 1 saturated heterocycles. The minimum absolute atomic E-state index is 0.122. The van der Waals surface area contributed by atoms with Crippen molar-refractivity contribution < 1.29 is 22.4 Å². The lowest BCUT2D eigenvalue weighted by molar-refractivity contribution is -0.137. The topological polar surface area (TPSA) is 97.9 Å². The number of hydrogen-bond acceptors (Lipinski definition) is 6. The lowest BCUT2D eigenvalue weighted by atomic mass is 9.86. The van der Waals surface area contributed by atoms with Crippen molar-refractivity contribution in [2.75, 3.05) is 11.9 Å². The second-order valence-corrected chi connectivity index (χ2v) is 7.79. The number of carbonyl (C=O) groups is 1. The van der Waals surface area contributed by atoms with Gasteiger partial charge in [-0.15, -0.1) is 16.8 Å². The molecule has 0 spiro atoms. The van der Waals surface area contributed by atoms with Gasteiger partial charge in [-0.25, -0.2) is 0 Å². The van der Waals surface area contributed by atoms with Crippen molar-refractivity contribution in [3.63, 3.8) is 0 Å². The highest BCUT2D eigenvalue weighted by atomic mass is 19.4. The van der Waals surface area contributed by atoms with Crippen LogP contribution in [-0.2, 0) is 29.4 Å². The van der Waals surface area contributed by atoms with Crippen LogP contribution >= 0.6 is 0 Å². The predicted molar refractivity (Wildman–Crippen MR) is 108 cm³/mol. The van der Waals surface area contributed by atoms with Gasteiger partial charge in [0.1, 0.15) is 5.41 Å². The van der Waals surface area contributed by atoms with E-state index < -0.39 is 17.2 Å². The summed E-state index contributed by atoms with van der Waals surface area (Å²) < 4.78 is 46.3. The fourth-order valence-electron chi connectivity index (χ4n) is 4.13. The van der Waals surface area contributed by atoms with Crippen molar-refractivity contribution >= 4 is 17.3 Å². The average molecular weight is 444 g/mol. The minimum atomic E-state index is -4.41. The summed E-state index contributed by atoms with van der Waals surface area (Å²) in [6.07, 6.45) is -0.806. The molecule has 1 fully saturated rings. The third-order valence-corrected chi connectivity index (χ3v) is 5.89. The average Bonchev–Trinajstić information content (AvgIpc) is 3.53. The number of aromatic nitrogens is 4. The summed E-state index contributed by atoms with van der Waals surface area (Å²) in [4.78, 5) is 12.4. The highest BCUT2D eigenvalue weighted by molar-refractivity contribution is 5.91. The first-order valence-electron chi connectivity index (χ1n) is 10.1. The number of rotatable bonds is 5. The van der Waals surface area contributed by atoms with Crippen molar-refractivity contribution in [1.82, 2.24) is 25.3 Å². The number of fused-ring (bicyclic) bond motifs is 1. The van der Waals surface area contributed by atoms with E-state index in [1.165, 1.54) is 18.2 Å². The molecule has 2 aliphatic rings. The highest BCUT2D eigenvalue weighted by Crippen LogP contribution is 2.39. The summed E-state index contributed by atoms with van der Waals surface area (Å²) in [5.74, 6) is 0.00140. The first-order chi connectivity index (χ1) is 15.3. The van der Waals surface area contributed by atoms with Gasteiger partial charge in [-0.05, 0) is 43.5 Å². The third kappa shape index (κ3) is 3.15.